The van der Waals surface area contributed by atoms with E-state index in [-0.39, 0.29) is 46.6 Å². The summed E-state index contributed by atoms with van der Waals surface area (Å²) in [5.41, 5.74) is 9.09. The van der Waals surface area contributed by atoms with Crippen LogP contribution in [0.1, 0.15) is 75.7 Å². The maximum Gasteiger partial charge on any atom is 0.339 e. The monoisotopic (exact) mass is 591 g/mol. The van der Waals surface area contributed by atoms with Crippen molar-refractivity contribution in [3.8, 4) is 11.1 Å². The molecular formula is C35H37N5O4. The number of esters is 1. The van der Waals surface area contributed by atoms with Crippen LogP contribution < -0.4 is 16.4 Å². The second-order valence-electron chi connectivity index (χ2n) is 11.7. The molecule has 9 nitrogen and oxygen atoms in total. The van der Waals surface area contributed by atoms with E-state index in [1.54, 1.807) is 55.5 Å². The molecule has 9 heteroatoms. The van der Waals surface area contributed by atoms with E-state index < -0.39 is 11.9 Å². The highest BCUT2D eigenvalue weighted by Gasteiger charge is 2.25. The maximum absolute atomic E-state index is 13.6. The molecular weight excluding hydrogens is 554 g/mol. The summed E-state index contributed by atoms with van der Waals surface area (Å²) < 4.78 is 5.68. The molecule has 4 rings (SSSR count). The minimum absolute atomic E-state index is 0.0341. The largest absolute Gasteiger partial charge is 0.457 e. The molecule has 44 heavy (non-hydrogen) atoms. The molecule has 3 aromatic carbocycles. The third-order valence-electron chi connectivity index (χ3n) is 7.35. The molecule has 5 N–H and O–H groups in total. The predicted molar refractivity (Wildman–Crippen MR) is 172 cm³/mol. The van der Waals surface area contributed by atoms with Crippen LogP contribution in [0.5, 0.6) is 0 Å². The highest BCUT2D eigenvalue weighted by Crippen LogP contribution is 2.30. The first kappa shape index (κ1) is 31.6. The zero-order valence-electron chi connectivity index (χ0n) is 25.5. The number of ether oxygens (including phenoxy) is 1. The number of nitrogens with one attached hydrogen (secondary N) is 3. The second-order valence-corrected chi connectivity index (χ2v) is 11.7. The number of amidine groups is 1. The van der Waals surface area contributed by atoms with Gasteiger partial charge in [-0.15, -0.1) is 0 Å². The molecule has 1 heterocycles. The Balaban J connectivity index is 1.73. The minimum Gasteiger partial charge on any atom is -0.457 e. The maximum atomic E-state index is 13.6. The number of aromatic nitrogens is 1. The first-order chi connectivity index (χ1) is 20.8. The van der Waals surface area contributed by atoms with E-state index in [1.807, 2.05) is 58.0 Å². The summed E-state index contributed by atoms with van der Waals surface area (Å²) >= 11 is 0. The zero-order valence-corrected chi connectivity index (χ0v) is 25.5. The van der Waals surface area contributed by atoms with Crippen molar-refractivity contribution in [3.63, 3.8) is 0 Å². The van der Waals surface area contributed by atoms with Gasteiger partial charge >= 0.3 is 5.97 Å². The molecule has 0 aliphatic rings. The van der Waals surface area contributed by atoms with Gasteiger partial charge in [0.2, 0.25) is 0 Å². The molecule has 2 amide bonds. The van der Waals surface area contributed by atoms with Crippen molar-refractivity contribution in [1.82, 2.24) is 10.3 Å². The minimum atomic E-state index is -0.644. The fourth-order valence-electron chi connectivity index (χ4n) is 4.26. The van der Waals surface area contributed by atoms with Crippen LogP contribution in [0.3, 0.4) is 0 Å². The Labute approximate surface area is 257 Å². The number of amides is 2. The van der Waals surface area contributed by atoms with Crippen LogP contribution in [0, 0.1) is 17.7 Å². The average molecular weight is 592 g/mol. The van der Waals surface area contributed by atoms with Crippen molar-refractivity contribution in [2.24, 2.45) is 11.1 Å². The molecule has 0 fully saturated rings. The van der Waals surface area contributed by atoms with Crippen LogP contribution in [-0.2, 0) is 11.3 Å². The first-order valence-electron chi connectivity index (χ1n) is 14.2. The van der Waals surface area contributed by atoms with Gasteiger partial charge in [-0.05, 0) is 72.9 Å². The quantitative estimate of drug-likeness (QED) is 0.105. The van der Waals surface area contributed by atoms with Crippen LogP contribution in [0.15, 0.2) is 84.9 Å². The van der Waals surface area contributed by atoms with Gasteiger partial charge in [0.25, 0.3) is 11.8 Å². The standard InChI is InChI=1S/C35H37N5O4/c1-21-11-17-28(30(38-21)33(42)40-26-15-12-24(13-16-26)31(36)37)27-18-14-25(32(41)39-22(2)35(3,4)5)19-29(27)34(43)44-20-23-9-7-6-8-10-23/h6-19,22H,20H2,1-5H3,(H3,36,37)(H,39,41)(H,40,42). The van der Waals surface area contributed by atoms with Gasteiger partial charge in [0.05, 0.1) is 5.56 Å². The fraction of sp³-hybridized carbons (Fsp3) is 0.229. The van der Waals surface area contributed by atoms with Crippen LogP contribution in [-0.4, -0.2) is 34.6 Å². The van der Waals surface area contributed by atoms with E-state index in [1.165, 1.54) is 6.07 Å². The summed E-state index contributed by atoms with van der Waals surface area (Å²) in [5.74, 6) is -1.55. The zero-order chi connectivity index (χ0) is 32.0. The summed E-state index contributed by atoms with van der Waals surface area (Å²) in [7, 11) is 0. The molecule has 1 atom stereocenters. The normalized spacial score (nSPS) is 11.8. The van der Waals surface area contributed by atoms with Gasteiger partial charge in [-0.1, -0.05) is 63.2 Å². The van der Waals surface area contributed by atoms with E-state index >= 15 is 0 Å². The number of hydrogen-bond acceptors (Lipinski definition) is 6. The average Bonchev–Trinajstić information content (AvgIpc) is 2.99. The van der Waals surface area contributed by atoms with Crippen LogP contribution in [0.2, 0.25) is 0 Å². The third-order valence-corrected chi connectivity index (χ3v) is 7.35. The number of hydrogen-bond donors (Lipinski definition) is 4. The molecule has 1 unspecified atom stereocenters. The Kier molecular flexibility index (Phi) is 9.58. The van der Waals surface area contributed by atoms with Gasteiger partial charge < -0.3 is 21.1 Å². The third kappa shape index (κ3) is 7.74. The second kappa shape index (κ2) is 13.3. The molecule has 226 valence electrons. The smallest absolute Gasteiger partial charge is 0.339 e. The molecule has 4 aromatic rings. The van der Waals surface area contributed by atoms with Crippen molar-refractivity contribution in [1.29, 1.82) is 5.41 Å². The predicted octanol–water partition coefficient (Wildman–Crippen LogP) is 6.11. The summed E-state index contributed by atoms with van der Waals surface area (Å²) in [5, 5.41) is 13.4. The van der Waals surface area contributed by atoms with Gasteiger partial charge in [0.15, 0.2) is 0 Å². The van der Waals surface area contributed by atoms with Gasteiger partial charge in [-0.25, -0.2) is 9.78 Å². The number of carbonyl (C=O) groups excluding carboxylic acids is 3. The number of aryl methyl sites for hydroxylation is 1. The van der Waals surface area contributed by atoms with Crippen molar-refractivity contribution in [2.45, 2.75) is 47.3 Å². The Morgan fingerprint density at radius 1 is 0.886 bits per heavy atom. The fourth-order valence-corrected chi connectivity index (χ4v) is 4.26. The van der Waals surface area contributed by atoms with E-state index in [0.717, 1.165) is 5.56 Å². The molecule has 0 aliphatic heterocycles. The van der Waals surface area contributed by atoms with Crippen molar-refractivity contribution >= 4 is 29.3 Å². The number of benzene rings is 3. The summed E-state index contributed by atoms with van der Waals surface area (Å²) in [6.45, 7) is 9.82. The number of pyridine rings is 1. The molecule has 0 saturated heterocycles. The highest BCUT2D eigenvalue weighted by atomic mass is 16.5. The lowest BCUT2D eigenvalue weighted by molar-refractivity contribution is 0.0473. The van der Waals surface area contributed by atoms with Gasteiger partial charge in [0.1, 0.15) is 18.1 Å². The number of nitrogens with zero attached hydrogens (tertiary/aromatic N) is 1. The SMILES string of the molecule is Cc1ccc(-c2ccc(C(=O)NC(C)C(C)(C)C)cc2C(=O)OCc2ccccc2)c(C(=O)Nc2ccc(C(=N)N)cc2)n1. The summed E-state index contributed by atoms with van der Waals surface area (Å²) in [6.07, 6.45) is 0. The lowest BCUT2D eigenvalue weighted by atomic mass is 9.88. The van der Waals surface area contributed by atoms with Gasteiger partial charge in [0, 0.05) is 34.1 Å². The lowest BCUT2D eigenvalue weighted by Gasteiger charge is -2.28. The molecule has 0 aliphatic carbocycles. The number of nitrogens with two attached hydrogens (primary N) is 1. The van der Waals surface area contributed by atoms with Gasteiger partial charge in [-0.2, -0.15) is 0 Å². The van der Waals surface area contributed by atoms with Crippen molar-refractivity contribution in [3.05, 3.63) is 119 Å². The van der Waals surface area contributed by atoms with E-state index in [9.17, 15) is 14.4 Å². The number of carbonyl (C=O) groups is 3. The van der Waals surface area contributed by atoms with Crippen LogP contribution in [0.4, 0.5) is 5.69 Å². The van der Waals surface area contributed by atoms with E-state index in [4.69, 9.17) is 15.9 Å². The Morgan fingerprint density at radius 2 is 1.52 bits per heavy atom. The summed E-state index contributed by atoms with van der Waals surface area (Å²) in [6, 6.07) is 23.9. The van der Waals surface area contributed by atoms with E-state index in [2.05, 4.69) is 15.6 Å². The van der Waals surface area contributed by atoms with Crippen molar-refractivity contribution < 1.29 is 19.1 Å². The Morgan fingerprint density at radius 3 is 2.16 bits per heavy atom. The molecule has 0 saturated carbocycles. The molecule has 0 bridgehead atoms. The van der Waals surface area contributed by atoms with Crippen molar-refractivity contribution in [2.75, 3.05) is 5.32 Å². The molecule has 0 spiro atoms. The van der Waals surface area contributed by atoms with Crippen LogP contribution in [0.25, 0.3) is 11.1 Å². The Bertz CT molecular complexity index is 1690. The topological polar surface area (TPSA) is 147 Å². The Hall–Kier alpha value is -5.31. The number of nitrogen functional groups attached to an aromatic ring is 1. The van der Waals surface area contributed by atoms with E-state index in [0.29, 0.717) is 28.1 Å². The summed E-state index contributed by atoms with van der Waals surface area (Å²) in [4.78, 5) is 44.9. The van der Waals surface area contributed by atoms with Crippen LogP contribution >= 0.6 is 0 Å². The molecule has 0 radical (unpaired) electrons. The molecule has 1 aromatic heterocycles. The first-order valence-corrected chi connectivity index (χ1v) is 14.2. The highest BCUT2D eigenvalue weighted by molar-refractivity contribution is 6.10. The lowest BCUT2D eigenvalue weighted by Crippen LogP contribution is -2.41. The van der Waals surface area contributed by atoms with Gasteiger partial charge in [-0.3, -0.25) is 15.0 Å². The number of rotatable bonds is 9. The number of anilines is 1.